The summed E-state index contributed by atoms with van der Waals surface area (Å²) in [7, 11) is 1.58. The van der Waals surface area contributed by atoms with E-state index < -0.39 is 35.5 Å². The van der Waals surface area contributed by atoms with Gasteiger partial charge in [-0.05, 0) is 51.3 Å². The highest BCUT2D eigenvalue weighted by Gasteiger charge is 2.64. The Hall–Kier alpha value is -3.30. The second kappa shape index (κ2) is 10.3. The smallest absolute Gasteiger partial charge is 0.405 e. The lowest BCUT2D eigenvalue weighted by atomic mass is 9.75. The molecule has 2 aliphatic rings. The van der Waals surface area contributed by atoms with E-state index in [1.54, 1.807) is 36.0 Å². The van der Waals surface area contributed by atoms with Crippen LogP contribution in [-0.2, 0) is 30.3 Å². The Morgan fingerprint density at radius 1 is 1.15 bits per heavy atom. The fourth-order valence-corrected chi connectivity index (χ4v) is 5.24. The summed E-state index contributed by atoms with van der Waals surface area (Å²) in [5.41, 5.74) is 5.15. The minimum absolute atomic E-state index is 0.0435. The molecule has 2 saturated heterocycles. The van der Waals surface area contributed by atoms with Crippen molar-refractivity contribution < 1.29 is 33.4 Å². The van der Waals surface area contributed by atoms with Crippen LogP contribution in [0.3, 0.4) is 0 Å². The largest absolute Gasteiger partial charge is 0.497 e. The van der Waals surface area contributed by atoms with E-state index in [0.717, 1.165) is 5.56 Å². The molecule has 2 aliphatic heterocycles. The van der Waals surface area contributed by atoms with E-state index in [4.69, 9.17) is 19.9 Å². The average molecular weight is 476 g/mol. The number of esters is 1. The number of benzene rings is 1. The second-order valence-electron chi connectivity index (χ2n) is 8.90. The number of primary amides is 1. The topological polar surface area (TPSA) is 128 Å². The summed E-state index contributed by atoms with van der Waals surface area (Å²) < 4.78 is 15.6. The summed E-state index contributed by atoms with van der Waals surface area (Å²) in [4.78, 5) is 54.2. The zero-order chi connectivity index (χ0) is 25.0. The Morgan fingerprint density at radius 2 is 1.76 bits per heavy atom. The first-order valence-corrected chi connectivity index (χ1v) is 11.5. The van der Waals surface area contributed by atoms with Crippen LogP contribution in [0.15, 0.2) is 24.3 Å². The highest BCUT2D eigenvalue weighted by molar-refractivity contribution is 5.94. The second-order valence-corrected chi connectivity index (χ2v) is 8.90. The minimum atomic E-state index is -1.35. The molecule has 0 bridgehead atoms. The van der Waals surface area contributed by atoms with E-state index >= 15 is 0 Å². The predicted molar refractivity (Wildman–Crippen MR) is 122 cm³/mol. The van der Waals surface area contributed by atoms with Crippen LogP contribution in [0.4, 0.5) is 4.79 Å². The van der Waals surface area contributed by atoms with Gasteiger partial charge in [0.1, 0.15) is 11.7 Å². The molecule has 1 spiro atoms. The normalized spacial score (nSPS) is 21.6. The third-order valence-corrected chi connectivity index (χ3v) is 6.64. The zero-order valence-corrected chi connectivity index (χ0v) is 20.1. The molecule has 2 atom stereocenters. The molecular formula is C24H33N3O7. The molecule has 10 nitrogen and oxygen atoms in total. The van der Waals surface area contributed by atoms with Crippen molar-refractivity contribution in [2.45, 2.75) is 57.7 Å². The van der Waals surface area contributed by atoms with Crippen LogP contribution in [0.1, 0.15) is 39.2 Å². The third-order valence-electron chi connectivity index (χ3n) is 6.64. The van der Waals surface area contributed by atoms with Gasteiger partial charge in [0.2, 0.25) is 5.91 Å². The maximum Gasteiger partial charge on any atom is 0.405 e. The van der Waals surface area contributed by atoms with E-state index in [0.29, 0.717) is 31.7 Å². The van der Waals surface area contributed by atoms with Gasteiger partial charge in [-0.15, -0.1) is 0 Å². The number of nitrogens with zero attached hydrogens (tertiary/aromatic N) is 2. The monoisotopic (exact) mass is 475 g/mol. The summed E-state index contributed by atoms with van der Waals surface area (Å²) in [6, 6.07) is 7.05. The summed E-state index contributed by atoms with van der Waals surface area (Å²) >= 11 is 0. The average Bonchev–Trinajstić information content (AvgIpc) is 3.01. The number of methoxy groups -OCH3 is 1. The van der Waals surface area contributed by atoms with Crippen LogP contribution in [-0.4, -0.2) is 78.2 Å². The summed E-state index contributed by atoms with van der Waals surface area (Å²) in [5.74, 6) is -1.42. The minimum Gasteiger partial charge on any atom is -0.497 e. The van der Waals surface area contributed by atoms with E-state index in [1.807, 2.05) is 26.0 Å². The number of nitrogens with two attached hydrogens (primary N) is 1. The van der Waals surface area contributed by atoms with Crippen molar-refractivity contribution in [3.8, 4) is 5.75 Å². The van der Waals surface area contributed by atoms with Gasteiger partial charge in [0.25, 0.3) is 5.91 Å². The fourth-order valence-electron chi connectivity index (χ4n) is 5.24. The maximum atomic E-state index is 13.3. The number of hydrogen-bond acceptors (Lipinski definition) is 7. The number of ether oxygens (including phenoxy) is 3. The van der Waals surface area contributed by atoms with E-state index in [2.05, 4.69) is 0 Å². The van der Waals surface area contributed by atoms with Crippen molar-refractivity contribution in [3.63, 3.8) is 0 Å². The molecule has 10 heteroatoms. The van der Waals surface area contributed by atoms with Crippen LogP contribution >= 0.6 is 0 Å². The molecule has 2 N–H and O–H groups in total. The molecule has 0 aliphatic carbocycles. The predicted octanol–water partition coefficient (Wildman–Crippen LogP) is 1.49. The molecule has 1 aromatic rings. The zero-order valence-electron chi connectivity index (χ0n) is 20.1. The van der Waals surface area contributed by atoms with Crippen molar-refractivity contribution in [1.29, 1.82) is 0 Å². The number of carbonyl (C=O) groups is 4. The summed E-state index contributed by atoms with van der Waals surface area (Å²) in [5, 5.41) is 0. The third kappa shape index (κ3) is 4.80. The molecule has 1 aromatic carbocycles. The van der Waals surface area contributed by atoms with Crippen LogP contribution in [0.5, 0.6) is 5.75 Å². The van der Waals surface area contributed by atoms with Gasteiger partial charge in [-0.2, -0.15) is 0 Å². The van der Waals surface area contributed by atoms with Crippen LogP contribution < -0.4 is 10.5 Å². The highest BCUT2D eigenvalue weighted by Crippen LogP contribution is 2.46. The van der Waals surface area contributed by atoms with Gasteiger partial charge in [-0.1, -0.05) is 12.1 Å². The molecule has 2 heterocycles. The lowest BCUT2D eigenvalue weighted by Crippen LogP contribution is -2.60. The molecule has 3 rings (SSSR count). The quantitative estimate of drug-likeness (QED) is 0.592. The molecule has 186 valence electrons. The molecule has 0 aromatic heterocycles. The van der Waals surface area contributed by atoms with Crippen molar-refractivity contribution in [2.75, 3.05) is 26.8 Å². The molecule has 0 unspecified atom stereocenters. The number of likely N-dealkylation sites (tertiary alicyclic amines) is 2. The number of amides is 3. The number of carbonyl (C=O) groups excluding carboxylic acids is 4. The lowest BCUT2D eigenvalue weighted by molar-refractivity contribution is -0.156. The first-order chi connectivity index (χ1) is 16.1. The Labute approximate surface area is 199 Å². The first-order valence-electron chi connectivity index (χ1n) is 11.5. The Bertz CT molecular complexity index is 923. The Balaban J connectivity index is 1.82. The number of piperidine rings is 1. The van der Waals surface area contributed by atoms with Gasteiger partial charge in [-0.25, -0.2) is 4.79 Å². The molecular weight excluding hydrogens is 442 g/mol. The van der Waals surface area contributed by atoms with E-state index in [-0.39, 0.29) is 25.0 Å². The molecule has 0 radical (unpaired) electrons. The van der Waals surface area contributed by atoms with E-state index in [9.17, 15) is 19.2 Å². The van der Waals surface area contributed by atoms with Crippen molar-refractivity contribution >= 4 is 23.9 Å². The fraction of sp³-hybridized carbons (Fsp3) is 0.583. The molecule has 34 heavy (non-hydrogen) atoms. The molecule has 2 fully saturated rings. The van der Waals surface area contributed by atoms with Crippen molar-refractivity contribution in [2.24, 2.45) is 11.7 Å². The Kier molecular flexibility index (Phi) is 7.68. The summed E-state index contributed by atoms with van der Waals surface area (Å²) in [6.07, 6.45) is -1.53. The van der Waals surface area contributed by atoms with Crippen LogP contribution in [0, 0.1) is 5.92 Å². The van der Waals surface area contributed by atoms with Crippen molar-refractivity contribution in [1.82, 2.24) is 9.80 Å². The van der Waals surface area contributed by atoms with Gasteiger partial charge in [0, 0.05) is 19.1 Å². The van der Waals surface area contributed by atoms with Crippen LogP contribution in [0.2, 0.25) is 0 Å². The van der Waals surface area contributed by atoms with Crippen molar-refractivity contribution in [3.05, 3.63) is 29.8 Å². The Morgan fingerprint density at radius 3 is 2.26 bits per heavy atom. The van der Waals surface area contributed by atoms with Gasteiger partial charge in [0.15, 0.2) is 6.10 Å². The van der Waals surface area contributed by atoms with Gasteiger partial charge in [0.05, 0.1) is 25.7 Å². The standard InChI is InChI=1S/C24H33N3O7/c1-5-33-22(30)19-20(34-23(25)31)21(29)27(15(2)3)24(19)10-12-26(13-11-24)18(28)14-16-6-8-17(32-4)9-7-16/h6-9,15,19-20H,5,10-14H2,1-4H3,(H2,25,31)/t19-,20+/m0/s1. The summed E-state index contributed by atoms with van der Waals surface area (Å²) in [6.45, 7) is 6.18. The highest BCUT2D eigenvalue weighted by atomic mass is 16.6. The van der Waals surface area contributed by atoms with Gasteiger partial charge < -0.3 is 29.7 Å². The lowest BCUT2D eigenvalue weighted by Gasteiger charge is -2.48. The SMILES string of the molecule is CCOC(=O)[C@@H]1[C@@H](OC(N)=O)C(=O)N(C(C)C)C12CCN(C(=O)Cc1ccc(OC)cc1)CC2. The maximum absolute atomic E-state index is 13.3. The first kappa shape index (κ1) is 25.3. The van der Waals surface area contributed by atoms with Crippen LogP contribution in [0.25, 0.3) is 0 Å². The number of rotatable bonds is 7. The molecule has 3 amide bonds. The van der Waals surface area contributed by atoms with E-state index in [1.165, 1.54) is 0 Å². The molecule has 0 saturated carbocycles. The van der Waals surface area contributed by atoms with Gasteiger partial charge >= 0.3 is 12.1 Å². The van der Waals surface area contributed by atoms with Gasteiger partial charge in [-0.3, -0.25) is 14.4 Å². The number of hydrogen-bond donors (Lipinski definition) is 1.